The molecular formula is C4H12AlFO. The van der Waals surface area contributed by atoms with Gasteiger partial charge in [0.2, 0.25) is 0 Å². The molecule has 0 amide bonds. The highest BCUT2D eigenvalue weighted by molar-refractivity contribution is 5.96. The van der Waals surface area contributed by atoms with Gasteiger partial charge in [0.25, 0.3) is 0 Å². The molecule has 0 aliphatic heterocycles. The second-order valence-electron chi connectivity index (χ2n) is 0.781. The maximum absolute atomic E-state index is 9.64. The van der Waals surface area contributed by atoms with Crippen LogP contribution in [0.5, 0.6) is 0 Å². The van der Waals surface area contributed by atoms with Crippen molar-refractivity contribution in [2.24, 2.45) is 0 Å². The van der Waals surface area contributed by atoms with E-state index in [1.807, 2.05) is 13.8 Å². The summed E-state index contributed by atoms with van der Waals surface area (Å²) in [5.41, 5.74) is 0. The summed E-state index contributed by atoms with van der Waals surface area (Å²) >= 11 is -0.194. The second kappa shape index (κ2) is 16.1. The molecular weight excluding hydrogens is 110 g/mol. The molecule has 0 aromatic rings. The van der Waals surface area contributed by atoms with Crippen LogP contribution in [0.4, 0.5) is 3.52 Å². The first-order valence-corrected chi connectivity index (χ1v) is 3.13. The van der Waals surface area contributed by atoms with Crippen LogP contribution in [0.15, 0.2) is 0 Å². The van der Waals surface area contributed by atoms with Crippen molar-refractivity contribution in [2.75, 3.05) is 13.2 Å². The predicted molar refractivity (Wildman–Crippen MR) is 31.8 cm³/mol. The fraction of sp³-hybridized carbons (Fsp3) is 1.00. The number of hydrogen-bond acceptors (Lipinski definition) is 1. The Morgan fingerprint density at radius 3 is 1.57 bits per heavy atom. The first-order chi connectivity index (χ1) is 3.41. The Hall–Kier alpha value is 0.422. The van der Waals surface area contributed by atoms with Crippen LogP contribution in [0.1, 0.15) is 13.8 Å². The van der Waals surface area contributed by atoms with Gasteiger partial charge in [-0.2, -0.15) is 0 Å². The molecule has 0 aromatic heterocycles. The minimum Gasteiger partial charge on any atom is -0.430 e. The maximum Gasteiger partial charge on any atom is 0.472 e. The van der Waals surface area contributed by atoms with Gasteiger partial charge in [0.1, 0.15) is 0 Å². The normalized spacial score (nSPS) is 6.71. The first-order valence-electron chi connectivity index (χ1n) is 2.37. The van der Waals surface area contributed by atoms with Gasteiger partial charge in [-0.05, 0) is 13.8 Å². The van der Waals surface area contributed by atoms with Crippen molar-refractivity contribution in [3.8, 4) is 0 Å². The fourth-order valence-electron chi connectivity index (χ4n) is 0.204. The highest BCUT2D eigenvalue weighted by Gasteiger charge is 1.64. The van der Waals surface area contributed by atoms with Gasteiger partial charge in [-0.15, -0.1) is 0 Å². The molecule has 3 heteroatoms. The molecule has 0 radical (unpaired) electrons. The van der Waals surface area contributed by atoms with Crippen molar-refractivity contribution in [1.82, 2.24) is 0 Å². The van der Waals surface area contributed by atoms with Gasteiger partial charge in [0.15, 0.2) is 0 Å². The Bertz CT molecular complexity index is 19.2. The van der Waals surface area contributed by atoms with E-state index in [4.69, 9.17) is 4.74 Å². The standard InChI is InChI=1S/C4H10O.Al.FH.2H/c1-3-5-4-2;;;;/h3-4H2,1-2H3;;1H;;/q;+1;;;/p-1. The molecule has 0 atom stereocenters. The van der Waals surface area contributed by atoms with Gasteiger partial charge in [0, 0.05) is 13.2 Å². The predicted octanol–water partition coefficient (Wildman–Crippen LogP) is 0.547. The molecule has 0 heterocycles. The Kier molecular flexibility index (Phi) is 24.0. The second-order valence-corrected chi connectivity index (χ2v) is 0.781. The van der Waals surface area contributed by atoms with Gasteiger partial charge in [0.05, 0.1) is 0 Å². The van der Waals surface area contributed by atoms with Crippen molar-refractivity contribution in [3.05, 3.63) is 0 Å². The lowest BCUT2D eigenvalue weighted by molar-refractivity contribution is 0.162. The fourth-order valence-corrected chi connectivity index (χ4v) is 0.204. The van der Waals surface area contributed by atoms with Crippen LogP contribution in [0.3, 0.4) is 0 Å². The van der Waals surface area contributed by atoms with Gasteiger partial charge in [-0.25, -0.2) is 0 Å². The molecule has 0 unspecified atom stereocenters. The van der Waals surface area contributed by atoms with Crippen LogP contribution in [-0.4, -0.2) is 30.0 Å². The number of halogens is 1. The highest BCUT2D eigenvalue weighted by atomic mass is 27.1. The molecule has 0 rings (SSSR count). The van der Waals surface area contributed by atoms with Crippen LogP contribution in [0, 0.1) is 0 Å². The van der Waals surface area contributed by atoms with Crippen molar-refractivity contribution in [3.63, 3.8) is 0 Å². The third kappa shape index (κ3) is 21.4. The van der Waals surface area contributed by atoms with Gasteiger partial charge in [-0.3, -0.25) is 0 Å². The molecule has 0 spiro atoms. The zero-order valence-corrected chi connectivity index (χ0v) is 7.20. The van der Waals surface area contributed by atoms with E-state index in [2.05, 4.69) is 0 Å². The molecule has 0 aliphatic carbocycles. The Labute approximate surface area is 52.8 Å². The molecule has 0 bridgehead atoms. The van der Waals surface area contributed by atoms with Crippen molar-refractivity contribution >= 4 is 16.7 Å². The van der Waals surface area contributed by atoms with E-state index in [0.717, 1.165) is 13.2 Å². The molecule has 44 valence electrons. The zero-order valence-electron chi connectivity index (χ0n) is 5.20. The molecule has 0 N–H and O–H groups in total. The number of ether oxygens (including phenoxy) is 1. The third-order valence-corrected chi connectivity index (χ3v) is 0.408. The largest absolute Gasteiger partial charge is 0.472 e. The lowest BCUT2D eigenvalue weighted by Crippen LogP contribution is -1.84. The lowest BCUT2D eigenvalue weighted by Gasteiger charge is -1.86. The summed E-state index contributed by atoms with van der Waals surface area (Å²) in [6, 6.07) is 0. The minimum atomic E-state index is -0.194. The summed E-state index contributed by atoms with van der Waals surface area (Å²) in [7, 11) is 0. The molecule has 0 saturated heterocycles. The van der Waals surface area contributed by atoms with Crippen LogP contribution in [0.25, 0.3) is 0 Å². The van der Waals surface area contributed by atoms with Gasteiger partial charge < -0.3 is 8.26 Å². The lowest BCUT2D eigenvalue weighted by atomic mass is 10.8. The Morgan fingerprint density at radius 2 is 1.57 bits per heavy atom. The molecule has 0 saturated carbocycles. The minimum absolute atomic E-state index is 0.194. The summed E-state index contributed by atoms with van der Waals surface area (Å²) < 4.78 is 14.5. The van der Waals surface area contributed by atoms with Crippen LogP contribution >= 0.6 is 0 Å². The summed E-state index contributed by atoms with van der Waals surface area (Å²) in [4.78, 5) is 0. The van der Waals surface area contributed by atoms with Crippen molar-refractivity contribution in [2.45, 2.75) is 13.8 Å². The summed E-state index contributed by atoms with van der Waals surface area (Å²) in [6.45, 7) is 5.67. The van der Waals surface area contributed by atoms with Crippen LogP contribution in [0.2, 0.25) is 0 Å². The van der Waals surface area contributed by atoms with E-state index >= 15 is 0 Å². The van der Waals surface area contributed by atoms with E-state index < -0.39 is 0 Å². The zero-order chi connectivity index (χ0) is 6.12. The summed E-state index contributed by atoms with van der Waals surface area (Å²) in [6.07, 6.45) is 0. The van der Waals surface area contributed by atoms with Gasteiger partial charge >= 0.3 is 16.7 Å². The first kappa shape index (κ1) is 10.4. The molecule has 0 fully saturated rings. The SMILES string of the molecule is CCOCC.[F][AlH2]. The van der Waals surface area contributed by atoms with Crippen LogP contribution in [-0.2, 0) is 4.74 Å². The third-order valence-electron chi connectivity index (χ3n) is 0.408. The Balaban J connectivity index is 0. The highest BCUT2D eigenvalue weighted by Crippen LogP contribution is 1.64. The average Bonchev–Trinajstić information content (AvgIpc) is 1.75. The van der Waals surface area contributed by atoms with E-state index in [0.29, 0.717) is 0 Å². The van der Waals surface area contributed by atoms with Crippen molar-refractivity contribution in [1.29, 1.82) is 0 Å². The monoisotopic (exact) mass is 122 g/mol. The quantitative estimate of drug-likeness (QED) is 0.486. The molecule has 0 aliphatic rings. The molecule has 7 heavy (non-hydrogen) atoms. The smallest absolute Gasteiger partial charge is 0.430 e. The van der Waals surface area contributed by atoms with E-state index in [-0.39, 0.29) is 16.7 Å². The van der Waals surface area contributed by atoms with Crippen LogP contribution < -0.4 is 0 Å². The van der Waals surface area contributed by atoms with Gasteiger partial charge in [-0.1, -0.05) is 0 Å². The number of rotatable bonds is 2. The summed E-state index contributed by atoms with van der Waals surface area (Å²) in [5, 5.41) is 0. The molecule has 0 aromatic carbocycles. The molecule has 1 nitrogen and oxygen atoms in total. The summed E-state index contributed by atoms with van der Waals surface area (Å²) in [5.74, 6) is 0. The topological polar surface area (TPSA) is 9.23 Å². The Morgan fingerprint density at radius 1 is 1.29 bits per heavy atom. The average molecular weight is 122 g/mol. The van der Waals surface area contributed by atoms with Crippen molar-refractivity contribution < 1.29 is 8.26 Å². The van der Waals surface area contributed by atoms with E-state index in [1.165, 1.54) is 0 Å². The number of hydrogen-bond donors (Lipinski definition) is 0. The van der Waals surface area contributed by atoms with E-state index in [9.17, 15) is 3.52 Å². The van der Waals surface area contributed by atoms with E-state index in [1.54, 1.807) is 0 Å². The maximum atomic E-state index is 9.64.